The summed E-state index contributed by atoms with van der Waals surface area (Å²) in [6, 6.07) is 0. The average Bonchev–Trinajstić information content (AvgIpc) is 1.25. The zero-order valence-corrected chi connectivity index (χ0v) is 5.02. The fourth-order valence-electron chi connectivity index (χ4n) is 0. The highest BCUT2D eigenvalue weighted by Gasteiger charge is 2.52. The second-order valence-electron chi connectivity index (χ2n) is 1.39. The molecular formula is C3H3ClF5-. The normalized spacial score (nSPS) is 12.7. The van der Waals surface area contributed by atoms with E-state index in [1.165, 1.54) is 0 Å². The van der Waals surface area contributed by atoms with E-state index in [-0.39, 0.29) is 19.3 Å². The maximum absolute atomic E-state index is 11.1. The van der Waals surface area contributed by atoms with Gasteiger partial charge in [-0.1, -0.05) is 0 Å². The monoisotopic (exact) mass is 169 g/mol. The van der Waals surface area contributed by atoms with E-state index in [4.69, 9.17) is 0 Å². The number of rotatable bonds is 0. The summed E-state index contributed by atoms with van der Waals surface area (Å²) in [5, 5.41) is 0. The molecule has 9 heavy (non-hydrogen) atoms. The molecule has 0 saturated heterocycles. The van der Waals surface area contributed by atoms with Crippen molar-refractivity contribution in [3.05, 3.63) is 0 Å². The van der Waals surface area contributed by atoms with E-state index in [2.05, 4.69) is 0 Å². The van der Waals surface area contributed by atoms with Crippen molar-refractivity contribution in [2.75, 3.05) is 0 Å². The maximum Gasteiger partial charge on any atom is 0.452 e. The molecule has 0 radical (unpaired) electrons. The van der Waals surface area contributed by atoms with Crippen molar-refractivity contribution in [2.24, 2.45) is 0 Å². The van der Waals surface area contributed by atoms with Crippen molar-refractivity contribution in [1.29, 1.82) is 0 Å². The molecule has 0 unspecified atom stereocenters. The van der Waals surface area contributed by atoms with E-state index < -0.39 is 12.1 Å². The van der Waals surface area contributed by atoms with Gasteiger partial charge in [0.05, 0.1) is 0 Å². The molecule has 0 atom stereocenters. The first-order valence-electron chi connectivity index (χ1n) is 1.69. The van der Waals surface area contributed by atoms with Crippen LogP contribution in [0.4, 0.5) is 22.0 Å². The predicted molar refractivity (Wildman–Crippen MR) is 16.7 cm³/mol. The van der Waals surface area contributed by atoms with Crippen LogP contribution in [0.1, 0.15) is 6.92 Å². The molecule has 0 rings (SSSR count). The molecule has 0 aliphatic heterocycles. The van der Waals surface area contributed by atoms with Crippen molar-refractivity contribution in [2.45, 2.75) is 19.0 Å². The zero-order valence-electron chi connectivity index (χ0n) is 4.27. The summed E-state index contributed by atoms with van der Waals surface area (Å²) >= 11 is 0. The Labute approximate surface area is 54.4 Å². The van der Waals surface area contributed by atoms with Gasteiger partial charge in [-0.15, -0.1) is 0 Å². The quantitative estimate of drug-likeness (QED) is 0.417. The Morgan fingerprint density at radius 3 is 1.00 bits per heavy atom. The summed E-state index contributed by atoms with van der Waals surface area (Å²) in [4.78, 5) is 0. The van der Waals surface area contributed by atoms with Crippen LogP contribution in [0.15, 0.2) is 0 Å². The van der Waals surface area contributed by atoms with Crippen molar-refractivity contribution in [3.8, 4) is 0 Å². The summed E-state index contributed by atoms with van der Waals surface area (Å²) in [5.74, 6) is -4.56. The molecule has 0 bridgehead atoms. The topological polar surface area (TPSA) is 0 Å². The molecule has 0 aromatic rings. The zero-order chi connectivity index (χ0) is 7.00. The molecule has 0 aliphatic rings. The van der Waals surface area contributed by atoms with Crippen molar-refractivity contribution >= 4 is 0 Å². The lowest BCUT2D eigenvalue weighted by Gasteiger charge is -2.12. The fourth-order valence-corrected chi connectivity index (χ4v) is 0. The summed E-state index contributed by atoms with van der Waals surface area (Å²) in [6.45, 7) is -0.188. The smallest absolute Gasteiger partial charge is 0.452 e. The van der Waals surface area contributed by atoms with Gasteiger partial charge >= 0.3 is 12.1 Å². The molecule has 0 fully saturated rings. The number of hydrogen-bond acceptors (Lipinski definition) is 0. The van der Waals surface area contributed by atoms with Crippen molar-refractivity contribution in [1.82, 2.24) is 0 Å². The molecule has 0 saturated carbocycles. The van der Waals surface area contributed by atoms with E-state index >= 15 is 0 Å². The minimum absolute atomic E-state index is 0. The van der Waals surface area contributed by atoms with Gasteiger partial charge < -0.3 is 12.4 Å². The van der Waals surface area contributed by atoms with Gasteiger partial charge in [0, 0.05) is 6.92 Å². The highest BCUT2D eigenvalue weighted by Crippen LogP contribution is 2.34. The molecule has 0 heterocycles. The third-order valence-electron chi connectivity index (χ3n) is 0.498. The number of alkyl halides is 5. The van der Waals surface area contributed by atoms with Crippen LogP contribution in [0.25, 0.3) is 0 Å². The van der Waals surface area contributed by atoms with Crippen molar-refractivity contribution < 1.29 is 34.4 Å². The Balaban J connectivity index is 0. The molecule has 58 valence electrons. The molecule has 0 nitrogen and oxygen atoms in total. The molecular weight excluding hydrogens is 166 g/mol. The lowest BCUT2D eigenvalue weighted by molar-refractivity contribution is -0.273. The van der Waals surface area contributed by atoms with Crippen LogP contribution >= 0.6 is 0 Å². The second-order valence-corrected chi connectivity index (χ2v) is 1.39. The van der Waals surface area contributed by atoms with Gasteiger partial charge in [-0.2, -0.15) is 22.0 Å². The lowest BCUT2D eigenvalue weighted by Crippen LogP contribution is -3.00. The third-order valence-corrected chi connectivity index (χ3v) is 0.498. The summed E-state index contributed by atoms with van der Waals surface area (Å²) in [6.07, 6.45) is -5.40. The SMILES string of the molecule is CC(F)(F)C(F)(F)F.[Cl-]. The third kappa shape index (κ3) is 3.51. The van der Waals surface area contributed by atoms with Gasteiger partial charge in [-0.05, 0) is 0 Å². The minimum atomic E-state index is -5.40. The molecule has 0 aromatic heterocycles. The van der Waals surface area contributed by atoms with Gasteiger partial charge in [0.2, 0.25) is 0 Å². The van der Waals surface area contributed by atoms with E-state index in [1.807, 2.05) is 0 Å². The van der Waals surface area contributed by atoms with Gasteiger partial charge in [0.15, 0.2) is 0 Å². The average molecular weight is 170 g/mol. The summed E-state index contributed by atoms with van der Waals surface area (Å²) in [7, 11) is 0. The first-order valence-corrected chi connectivity index (χ1v) is 1.69. The van der Waals surface area contributed by atoms with Crippen LogP contribution in [0.3, 0.4) is 0 Å². The molecule has 0 aromatic carbocycles. The first-order chi connectivity index (χ1) is 3.25. The Kier molecular flexibility index (Phi) is 3.49. The first kappa shape index (κ1) is 11.7. The van der Waals surface area contributed by atoms with Gasteiger partial charge in [0.25, 0.3) is 0 Å². The molecule has 0 amide bonds. The second kappa shape index (κ2) is 2.68. The van der Waals surface area contributed by atoms with Gasteiger partial charge in [-0.25, -0.2) is 0 Å². The standard InChI is InChI=1S/C3H3F5.ClH/c1-2(4,5)3(6,7)8;/h1H3;1H/p-1. The number of halogens is 6. The van der Waals surface area contributed by atoms with Gasteiger partial charge in [0.1, 0.15) is 0 Å². The predicted octanol–water partition coefficient (Wildman–Crippen LogP) is -0.792. The molecule has 0 aliphatic carbocycles. The highest BCUT2D eigenvalue weighted by molar-refractivity contribution is 4.67. The van der Waals surface area contributed by atoms with Gasteiger partial charge in [-0.3, -0.25) is 0 Å². The minimum Gasteiger partial charge on any atom is -1.00 e. The molecule has 0 N–H and O–H groups in total. The highest BCUT2D eigenvalue weighted by atomic mass is 35.5. The van der Waals surface area contributed by atoms with Crippen molar-refractivity contribution in [3.63, 3.8) is 0 Å². The molecule has 0 spiro atoms. The van der Waals surface area contributed by atoms with E-state index in [0.29, 0.717) is 0 Å². The molecule has 6 heteroatoms. The van der Waals surface area contributed by atoms with Crippen LogP contribution in [0.5, 0.6) is 0 Å². The lowest BCUT2D eigenvalue weighted by atomic mass is 10.4. The van der Waals surface area contributed by atoms with Crippen LogP contribution in [0.2, 0.25) is 0 Å². The fraction of sp³-hybridized carbons (Fsp3) is 1.00. The van der Waals surface area contributed by atoms with E-state index in [1.54, 1.807) is 0 Å². The van der Waals surface area contributed by atoms with Crippen LogP contribution in [-0.4, -0.2) is 12.1 Å². The summed E-state index contributed by atoms with van der Waals surface area (Å²) < 4.78 is 54.6. The Morgan fingerprint density at radius 2 is 1.00 bits per heavy atom. The number of hydrogen-bond donors (Lipinski definition) is 0. The van der Waals surface area contributed by atoms with Crippen LogP contribution in [-0.2, 0) is 0 Å². The largest absolute Gasteiger partial charge is 1.00 e. The van der Waals surface area contributed by atoms with E-state index in [9.17, 15) is 22.0 Å². The summed E-state index contributed by atoms with van der Waals surface area (Å²) in [5.41, 5.74) is 0. The Hall–Kier alpha value is -0.0600. The Morgan fingerprint density at radius 1 is 0.889 bits per heavy atom. The van der Waals surface area contributed by atoms with Crippen LogP contribution in [0, 0.1) is 0 Å². The van der Waals surface area contributed by atoms with E-state index in [0.717, 1.165) is 0 Å². The maximum atomic E-state index is 11.1. The van der Waals surface area contributed by atoms with Crippen LogP contribution < -0.4 is 12.4 Å². The Bertz CT molecular complexity index is 67.2.